The first-order chi connectivity index (χ1) is 15.6. The molecule has 1 N–H and O–H groups in total. The molecule has 0 aliphatic carbocycles. The minimum Gasteiger partial charge on any atom is -0.450 e. The van der Waals surface area contributed by atoms with Gasteiger partial charge in [-0.1, -0.05) is 42.8 Å². The molecule has 0 saturated heterocycles. The van der Waals surface area contributed by atoms with E-state index >= 15 is 0 Å². The Kier molecular flexibility index (Phi) is 8.63. The number of nitrogens with one attached hydrogen (secondary N) is 1. The fourth-order valence-corrected chi connectivity index (χ4v) is 3.93. The lowest BCUT2D eigenvalue weighted by Gasteiger charge is -2.15. The Morgan fingerprint density at radius 2 is 1.91 bits per heavy atom. The third-order valence-corrected chi connectivity index (χ3v) is 6.53. The second kappa shape index (κ2) is 10.7. The molecule has 1 heterocycles. The van der Waals surface area contributed by atoms with Crippen molar-refractivity contribution in [3.63, 3.8) is 0 Å². The summed E-state index contributed by atoms with van der Waals surface area (Å²) in [7, 11) is 1.89. The zero-order chi connectivity index (χ0) is 25.8. The fraction of sp³-hybridized carbons (Fsp3) is 0.400. The van der Waals surface area contributed by atoms with Gasteiger partial charge in [-0.25, -0.2) is 14.5 Å². The zero-order valence-electron chi connectivity index (χ0n) is 19.1. The number of aromatic nitrogens is 2. The Labute approximate surface area is 205 Å². The minimum atomic E-state index is -4.67. The summed E-state index contributed by atoms with van der Waals surface area (Å²) in [4.78, 5) is 18.2. The number of hydrogen-bond donors (Lipinski definition) is 1. The molecule has 0 bridgehead atoms. The number of rotatable bonds is 7. The maximum atomic E-state index is 13.1. The van der Waals surface area contributed by atoms with Crippen LogP contribution < -0.4 is 5.32 Å². The highest BCUT2D eigenvalue weighted by Crippen LogP contribution is 2.40. The van der Waals surface area contributed by atoms with Crippen LogP contribution in [-0.4, -0.2) is 55.9 Å². The Bertz CT molecular complexity index is 1110. The van der Waals surface area contributed by atoms with Gasteiger partial charge in [0.05, 0.1) is 28.6 Å². The predicted molar refractivity (Wildman–Crippen MR) is 128 cm³/mol. The number of ether oxygens (including phenoxy) is 1. The van der Waals surface area contributed by atoms with Crippen molar-refractivity contribution in [2.45, 2.75) is 31.9 Å². The van der Waals surface area contributed by atoms with Gasteiger partial charge >= 0.3 is 12.3 Å². The molecule has 2 aromatic rings. The maximum absolute atomic E-state index is 13.1. The predicted octanol–water partition coefficient (Wildman–Crippen LogP) is 6.18. The van der Waals surface area contributed by atoms with Crippen LogP contribution in [0.2, 0.25) is 35.7 Å². The summed E-state index contributed by atoms with van der Waals surface area (Å²) in [6, 6.07) is 3.93. The van der Waals surface area contributed by atoms with Gasteiger partial charge in [-0.05, 0) is 18.2 Å². The van der Waals surface area contributed by atoms with Crippen molar-refractivity contribution in [1.29, 1.82) is 5.26 Å². The molecule has 1 aromatic heterocycles. The summed E-state index contributed by atoms with van der Waals surface area (Å²) in [5.74, 6) is -0.0871. The van der Waals surface area contributed by atoms with Gasteiger partial charge in [0.1, 0.15) is 17.4 Å². The number of hydrogen-bond acceptors (Lipinski definition) is 5. The van der Waals surface area contributed by atoms with Gasteiger partial charge in [-0.3, -0.25) is 5.32 Å². The third kappa shape index (κ3) is 7.12. The summed E-state index contributed by atoms with van der Waals surface area (Å²) < 4.78 is 45.6. The van der Waals surface area contributed by atoms with E-state index in [1.54, 1.807) is 19.0 Å². The van der Waals surface area contributed by atoms with Gasteiger partial charge in [0.25, 0.3) is 0 Å². The molecule has 184 valence electrons. The van der Waals surface area contributed by atoms with Crippen LogP contribution in [0.1, 0.15) is 11.3 Å². The second-order valence-corrected chi connectivity index (χ2v) is 15.1. The van der Waals surface area contributed by atoms with Crippen LogP contribution in [-0.2, 0) is 10.9 Å². The van der Waals surface area contributed by atoms with Crippen LogP contribution in [0.3, 0.4) is 0 Å². The van der Waals surface area contributed by atoms with Gasteiger partial charge in [-0.15, -0.1) is 0 Å². The molecular weight excluding hydrogens is 512 g/mol. The van der Waals surface area contributed by atoms with Gasteiger partial charge in [0, 0.05) is 22.2 Å². The van der Waals surface area contributed by atoms with Crippen LogP contribution in [0.25, 0.3) is 5.69 Å². The molecule has 0 spiro atoms. The Morgan fingerprint density at radius 1 is 1.32 bits per heavy atom. The smallest absolute Gasteiger partial charge is 0.416 e. The fourth-order valence-electron chi connectivity index (χ4n) is 2.57. The van der Waals surface area contributed by atoms with Crippen molar-refractivity contribution >= 4 is 55.2 Å². The number of amides is 1. The number of carbonyl (C=O) groups is 1. The molecule has 0 fully saturated rings. The highest BCUT2D eigenvalue weighted by Gasteiger charge is 2.33. The third-order valence-electron chi connectivity index (χ3n) is 4.25. The lowest BCUT2D eigenvalue weighted by molar-refractivity contribution is -0.137. The summed E-state index contributed by atoms with van der Waals surface area (Å²) in [5.41, 5.74) is -1.56. The van der Waals surface area contributed by atoms with E-state index in [2.05, 4.69) is 35.0 Å². The maximum Gasteiger partial charge on any atom is 0.416 e. The van der Waals surface area contributed by atoms with Crippen molar-refractivity contribution < 1.29 is 22.7 Å². The molecular formula is C20H23Cl2F3N6O2Si. The number of nitriles is 1. The highest BCUT2D eigenvalue weighted by molar-refractivity contribution is 6.76. The monoisotopic (exact) mass is 534 g/mol. The van der Waals surface area contributed by atoms with E-state index in [-0.39, 0.29) is 39.5 Å². The second-order valence-electron chi connectivity index (χ2n) is 8.64. The summed E-state index contributed by atoms with van der Waals surface area (Å²) in [6.07, 6.45) is -4.16. The van der Waals surface area contributed by atoms with Crippen molar-refractivity contribution in [2.75, 3.05) is 26.0 Å². The van der Waals surface area contributed by atoms with Gasteiger partial charge in [-0.2, -0.15) is 23.5 Å². The molecule has 0 atom stereocenters. The largest absolute Gasteiger partial charge is 0.450 e. The Balaban J connectivity index is 2.58. The van der Waals surface area contributed by atoms with Crippen molar-refractivity contribution in [2.24, 2.45) is 4.99 Å². The van der Waals surface area contributed by atoms with Gasteiger partial charge in [0.2, 0.25) is 0 Å². The van der Waals surface area contributed by atoms with Gasteiger partial charge < -0.3 is 9.64 Å². The standard InChI is InChI=1S/C20H23Cl2F3N6O2Si/c1-30(2)11-27-18-16(28-19(32)33-6-7-34(3,4)5)15(10-26)29-31(18)17-13(21)8-12(9-14(17)22)20(23,24)25/h8-9,11H,6-7H2,1-5H3,(H,28,32)/b27-11+. The first-order valence-electron chi connectivity index (χ1n) is 9.88. The van der Waals surface area contributed by atoms with Crippen LogP contribution in [0.5, 0.6) is 0 Å². The molecule has 2 rings (SSSR count). The molecule has 0 saturated carbocycles. The quantitative estimate of drug-likeness (QED) is 0.260. The number of alkyl halides is 3. The van der Waals surface area contributed by atoms with Crippen molar-refractivity contribution in [1.82, 2.24) is 14.7 Å². The van der Waals surface area contributed by atoms with E-state index in [0.29, 0.717) is 12.1 Å². The first-order valence-corrected chi connectivity index (χ1v) is 14.3. The number of anilines is 1. The van der Waals surface area contributed by atoms with E-state index in [4.69, 9.17) is 27.9 Å². The molecule has 1 aromatic carbocycles. The van der Waals surface area contributed by atoms with Crippen LogP contribution in [0.15, 0.2) is 17.1 Å². The molecule has 0 radical (unpaired) electrons. The van der Waals surface area contributed by atoms with Crippen LogP contribution >= 0.6 is 23.2 Å². The van der Waals surface area contributed by atoms with Gasteiger partial charge in [0.15, 0.2) is 11.5 Å². The zero-order valence-corrected chi connectivity index (χ0v) is 21.6. The first kappa shape index (κ1) is 27.5. The highest BCUT2D eigenvalue weighted by atomic mass is 35.5. The molecule has 0 unspecified atom stereocenters. The van der Waals surface area contributed by atoms with E-state index in [1.807, 2.05) is 6.07 Å². The summed E-state index contributed by atoms with van der Waals surface area (Å²) in [6.45, 7) is 6.55. The lowest BCUT2D eigenvalue weighted by Crippen LogP contribution is -2.24. The normalized spacial score (nSPS) is 12.0. The molecule has 0 aliphatic heterocycles. The number of benzene rings is 1. The lowest BCUT2D eigenvalue weighted by atomic mass is 10.2. The number of aliphatic imine (C=N–C) groups is 1. The Hall–Kier alpha value is -2.75. The molecule has 14 heteroatoms. The molecule has 8 nitrogen and oxygen atoms in total. The van der Waals surface area contributed by atoms with E-state index in [9.17, 15) is 23.2 Å². The SMILES string of the molecule is CN(C)/C=N/c1c(NC(=O)OCC[Si](C)(C)C)c(C#N)nn1-c1c(Cl)cc(C(F)(F)F)cc1Cl. The van der Waals surface area contributed by atoms with E-state index < -0.39 is 25.9 Å². The van der Waals surface area contributed by atoms with Crippen LogP contribution in [0.4, 0.5) is 29.5 Å². The topological polar surface area (TPSA) is 95.5 Å². The van der Waals surface area contributed by atoms with E-state index in [0.717, 1.165) is 10.7 Å². The van der Waals surface area contributed by atoms with E-state index in [1.165, 1.54) is 6.34 Å². The average molecular weight is 535 g/mol. The summed E-state index contributed by atoms with van der Waals surface area (Å²) >= 11 is 12.3. The molecule has 34 heavy (non-hydrogen) atoms. The summed E-state index contributed by atoms with van der Waals surface area (Å²) in [5, 5.41) is 15.3. The molecule has 1 amide bonds. The van der Waals surface area contributed by atoms with Crippen LogP contribution in [0, 0.1) is 11.3 Å². The van der Waals surface area contributed by atoms with Crippen molar-refractivity contribution in [3.8, 4) is 11.8 Å². The number of nitrogens with zero attached hydrogens (tertiary/aromatic N) is 5. The Morgan fingerprint density at radius 3 is 2.38 bits per heavy atom. The molecule has 0 aliphatic rings. The number of halogens is 5. The average Bonchev–Trinajstić information content (AvgIpc) is 3.01. The number of carbonyl (C=O) groups excluding carboxylic acids is 1. The minimum absolute atomic E-state index is 0.0871. The van der Waals surface area contributed by atoms with Crippen molar-refractivity contribution in [3.05, 3.63) is 33.4 Å².